The molecule has 0 unspecified atom stereocenters. The van der Waals surface area contributed by atoms with Crippen LogP contribution in [-0.2, 0) is 19.1 Å². The smallest absolute Gasteiger partial charge is 0.319 e. The molecular weight excluding hydrogens is 367 g/mol. The fourth-order valence-corrected chi connectivity index (χ4v) is 1.05. The Morgan fingerprint density at radius 1 is 1.19 bits per heavy atom. The lowest BCUT2D eigenvalue weighted by Crippen LogP contribution is -2.30. The van der Waals surface area contributed by atoms with E-state index in [1.807, 2.05) is 0 Å². The molecule has 0 aromatic carbocycles. The molecule has 0 spiro atoms. The second kappa shape index (κ2) is 8.31. The second-order valence-corrected chi connectivity index (χ2v) is 6.13. The zero-order valence-corrected chi connectivity index (χ0v) is 12.8. The van der Waals surface area contributed by atoms with Crippen LogP contribution in [0, 0.1) is 0 Å². The number of halogens is 3. The quantitative estimate of drug-likeness (QED) is 0.524. The van der Waals surface area contributed by atoms with E-state index >= 15 is 0 Å². The van der Waals surface area contributed by atoms with E-state index in [2.05, 4.69) is 31.9 Å². The van der Waals surface area contributed by atoms with Gasteiger partial charge in [0.05, 0.1) is 5.88 Å². The molecule has 0 aliphatic heterocycles. The molecule has 0 fully saturated rings. The average Bonchev–Trinajstić information content (AvgIpc) is 2.22. The Hall–Kier alpha value is 0.190. The van der Waals surface area contributed by atoms with Crippen LogP contribution in [-0.4, -0.2) is 40.2 Å². The predicted molar refractivity (Wildman–Crippen MR) is 68.3 cm³/mol. The molecule has 3 atom stereocenters. The average molecular weight is 380 g/mol. The summed E-state index contributed by atoms with van der Waals surface area (Å²) < 4.78 is 9.86. The van der Waals surface area contributed by atoms with E-state index in [0.29, 0.717) is 0 Å². The van der Waals surface area contributed by atoms with Crippen molar-refractivity contribution in [3.8, 4) is 0 Å². The topological polar surface area (TPSA) is 52.6 Å². The second-order valence-electron chi connectivity index (χ2n) is 3.08. The fraction of sp³-hybridized carbons (Fsp3) is 0.778. The Bertz CT molecular complexity index is 246. The molecule has 16 heavy (non-hydrogen) atoms. The maximum Gasteiger partial charge on any atom is 0.319 e. The molecule has 0 saturated heterocycles. The van der Waals surface area contributed by atoms with Crippen LogP contribution < -0.4 is 0 Å². The SMILES string of the molecule is C[C@H](Br)C(=O)OC[C@H](CCl)OC(=O)[C@@H](C)Br. The summed E-state index contributed by atoms with van der Waals surface area (Å²) in [6, 6.07) is 0. The molecule has 0 aliphatic carbocycles. The minimum Gasteiger partial charge on any atom is -0.461 e. The molecule has 0 aliphatic rings. The van der Waals surface area contributed by atoms with Crippen LogP contribution in [0.15, 0.2) is 0 Å². The van der Waals surface area contributed by atoms with Gasteiger partial charge < -0.3 is 9.47 Å². The summed E-state index contributed by atoms with van der Waals surface area (Å²) in [5, 5.41) is 0. The maximum atomic E-state index is 11.2. The van der Waals surface area contributed by atoms with Crippen LogP contribution in [0.1, 0.15) is 13.8 Å². The third-order valence-electron chi connectivity index (χ3n) is 1.52. The van der Waals surface area contributed by atoms with E-state index in [-0.39, 0.29) is 12.5 Å². The lowest BCUT2D eigenvalue weighted by molar-refractivity contribution is -0.156. The molecule has 0 bridgehead atoms. The van der Waals surface area contributed by atoms with Crippen LogP contribution in [0.2, 0.25) is 0 Å². The highest BCUT2D eigenvalue weighted by Gasteiger charge is 2.20. The van der Waals surface area contributed by atoms with E-state index in [1.165, 1.54) is 0 Å². The van der Waals surface area contributed by atoms with Gasteiger partial charge in [0.1, 0.15) is 22.4 Å². The Labute approximate surface area is 116 Å². The van der Waals surface area contributed by atoms with E-state index in [4.69, 9.17) is 21.1 Å². The van der Waals surface area contributed by atoms with Crippen molar-refractivity contribution < 1.29 is 19.1 Å². The summed E-state index contributed by atoms with van der Waals surface area (Å²) in [7, 11) is 0. The van der Waals surface area contributed by atoms with Gasteiger partial charge in [-0.1, -0.05) is 31.9 Å². The number of alkyl halides is 3. The molecule has 0 rings (SSSR count). The molecule has 0 amide bonds. The highest BCUT2D eigenvalue weighted by atomic mass is 79.9. The van der Waals surface area contributed by atoms with E-state index in [1.54, 1.807) is 13.8 Å². The van der Waals surface area contributed by atoms with Crippen LogP contribution in [0.4, 0.5) is 0 Å². The number of ether oxygens (including phenoxy) is 2. The first-order valence-corrected chi connectivity index (χ1v) is 6.96. The summed E-state index contributed by atoms with van der Waals surface area (Å²) in [4.78, 5) is 21.5. The van der Waals surface area contributed by atoms with Gasteiger partial charge in [-0.2, -0.15) is 0 Å². The molecule has 94 valence electrons. The predicted octanol–water partition coefficient (Wildman–Crippen LogP) is 2.25. The Morgan fingerprint density at radius 3 is 2.06 bits per heavy atom. The molecular formula is C9H13Br2ClO4. The normalized spacial score (nSPS) is 16.1. The number of rotatable bonds is 6. The summed E-state index contributed by atoms with van der Waals surface area (Å²) in [6.45, 7) is 3.24. The molecule has 0 N–H and O–H groups in total. The largest absolute Gasteiger partial charge is 0.461 e. The maximum absolute atomic E-state index is 11.2. The minimum absolute atomic E-state index is 0.0380. The van der Waals surface area contributed by atoms with Crippen molar-refractivity contribution in [2.24, 2.45) is 0 Å². The van der Waals surface area contributed by atoms with Gasteiger partial charge in [0.2, 0.25) is 0 Å². The standard InChI is InChI=1S/C9H13Br2ClO4/c1-5(10)8(13)15-4-7(3-12)16-9(14)6(2)11/h5-7H,3-4H2,1-2H3/t5-,6+,7-/m0/s1. The van der Waals surface area contributed by atoms with Gasteiger partial charge in [-0.05, 0) is 13.8 Å². The number of hydrogen-bond acceptors (Lipinski definition) is 4. The summed E-state index contributed by atoms with van der Waals surface area (Å²) in [6.07, 6.45) is -0.621. The number of carbonyl (C=O) groups excluding carboxylic acids is 2. The van der Waals surface area contributed by atoms with Crippen molar-refractivity contribution in [1.29, 1.82) is 0 Å². The van der Waals surface area contributed by atoms with Gasteiger partial charge in [0.25, 0.3) is 0 Å². The summed E-state index contributed by atoms with van der Waals surface area (Å²) in [5.41, 5.74) is 0. The third-order valence-corrected chi connectivity index (χ3v) is 2.61. The van der Waals surface area contributed by atoms with Crippen molar-refractivity contribution in [2.75, 3.05) is 12.5 Å². The van der Waals surface area contributed by atoms with Crippen molar-refractivity contribution in [3.05, 3.63) is 0 Å². The highest BCUT2D eigenvalue weighted by molar-refractivity contribution is 9.10. The lowest BCUT2D eigenvalue weighted by atomic mass is 10.4. The van der Waals surface area contributed by atoms with E-state index < -0.39 is 27.7 Å². The number of carbonyl (C=O) groups is 2. The fourth-order valence-electron chi connectivity index (χ4n) is 0.658. The molecule has 0 heterocycles. The van der Waals surface area contributed by atoms with E-state index in [9.17, 15) is 9.59 Å². The van der Waals surface area contributed by atoms with Crippen LogP contribution in [0.3, 0.4) is 0 Å². The van der Waals surface area contributed by atoms with Crippen LogP contribution in [0.25, 0.3) is 0 Å². The number of esters is 2. The minimum atomic E-state index is -0.621. The van der Waals surface area contributed by atoms with Crippen LogP contribution in [0.5, 0.6) is 0 Å². The first kappa shape index (κ1) is 16.2. The Kier molecular flexibility index (Phi) is 8.40. The summed E-state index contributed by atoms with van der Waals surface area (Å²) in [5.74, 6) is -0.776. The van der Waals surface area contributed by atoms with Crippen molar-refractivity contribution in [3.63, 3.8) is 0 Å². The first-order valence-electron chi connectivity index (χ1n) is 4.59. The van der Waals surface area contributed by atoms with Gasteiger partial charge in [0, 0.05) is 0 Å². The zero-order valence-electron chi connectivity index (χ0n) is 8.91. The highest BCUT2D eigenvalue weighted by Crippen LogP contribution is 2.07. The summed E-state index contributed by atoms with van der Waals surface area (Å²) >= 11 is 11.7. The first-order chi connectivity index (χ1) is 7.38. The third kappa shape index (κ3) is 6.70. The molecule has 4 nitrogen and oxygen atoms in total. The zero-order chi connectivity index (χ0) is 12.7. The Morgan fingerprint density at radius 2 is 1.69 bits per heavy atom. The van der Waals surface area contributed by atoms with Crippen molar-refractivity contribution >= 4 is 55.4 Å². The van der Waals surface area contributed by atoms with Gasteiger partial charge in [-0.15, -0.1) is 11.6 Å². The van der Waals surface area contributed by atoms with Crippen molar-refractivity contribution in [2.45, 2.75) is 29.6 Å². The molecule has 0 aromatic rings. The Balaban J connectivity index is 4.02. The molecule has 0 saturated carbocycles. The van der Waals surface area contributed by atoms with Crippen molar-refractivity contribution in [1.82, 2.24) is 0 Å². The van der Waals surface area contributed by atoms with Gasteiger partial charge in [0.15, 0.2) is 0 Å². The molecule has 0 radical (unpaired) electrons. The van der Waals surface area contributed by atoms with Gasteiger partial charge >= 0.3 is 11.9 Å². The number of hydrogen-bond donors (Lipinski definition) is 0. The molecule has 7 heteroatoms. The van der Waals surface area contributed by atoms with Gasteiger partial charge in [-0.3, -0.25) is 9.59 Å². The van der Waals surface area contributed by atoms with Gasteiger partial charge in [-0.25, -0.2) is 0 Å². The lowest BCUT2D eigenvalue weighted by Gasteiger charge is -2.16. The van der Waals surface area contributed by atoms with E-state index in [0.717, 1.165) is 0 Å². The monoisotopic (exact) mass is 378 g/mol. The van der Waals surface area contributed by atoms with Crippen LogP contribution >= 0.6 is 43.5 Å². The molecule has 0 aromatic heterocycles.